The first-order chi connectivity index (χ1) is 22.5. The van der Waals surface area contributed by atoms with Crippen LogP contribution in [-0.4, -0.2) is 93.6 Å². The molecular weight excluding hydrogens is 598 g/mol. The topological polar surface area (TPSA) is 139 Å². The minimum absolute atomic E-state index is 0.0136. The number of pyridine rings is 1. The van der Waals surface area contributed by atoms with E-state index < -0.39 is 23.5 Å². The van der Waals surface area contributed by atoms with Gasteiger partial charge in [-0.15, -0.1) is 0 Å². The van der Waals surface area contributed by atoms with E-state index in [1.54, 1.807) is 28.9 Å². The Labute approximate surface area is 274 Å². The smallest absolute Gasteiger partial charge is 0.257 e. The number of likely N-dealkylation sites (tertiary alicyclic amines) is 2. The van der Waals surface area contributed by atoms with Gasteiger partial charge in [0.25, 0.3) is 5.91 Å². The van der Waals surface area contributed by atoms with Crippen LogP contribution in [0, 0.1) is 22.7 Å². The van der Waals surface area contributed by atoms with Crippen LogP contribution in [0.15, 0.2) is 67.1 Å². The summed E-state index contributed by atoms with van der Waals surface area (Å²) in [6.07, 6.45) is 5.15. The van der Waals surface area contributed by atoms with Crippen LogP contribution in [0.5, 0.6) is 0 Å². The molecule has 4 heterocycles. The minimum atomic E-state index is -0.951. The number of hydrogen-bond donors (Lipinski definition) is 2. The van der Waals surface area contributed by atoms with Gasteiger partial charge in [0.15, 0.2) is 0 Å². The molecule has 2 saturated heterocycles. The van der Waals surface area contributed by atoms with E-state index in [4.69, 9.17) is 4.74 Å². The normalized spacial score (nSPS) is 21.9. The van der Waals surface area contributed by atoms with Gasteiger partial charge in [0.1, 0.15) is 6.04 Å². The molecule has 47 heavy (non-hydrogen) atoms. The molecule has 1 spiro atoms. The fourth-order valence-electron chi connectivity index (χ4n) is 6.89. The predicted octanol–water partition coefficient (Wildman–Crippen LogP) is 2.11. The van der Waals surface area contributed by atoms with Crippen molar-refractivity contribution in [2.75, 3.05) is 33.2 Å². The quantitative estimate of drug-likeness (QED) is 0.327. The molecule has 2 aromatic heterocycles. The Kier molecular flexibility index (Phi) is 8.88. The largest absolute Gasteiger partial charge is 0.371 e. The number of likely N-dealkylation sites (N-methyl/N-ethyl adjacent to an activating group) is 1. The predicted molar refractivity (Wildman–Crippen MR) is 173 cm³/mol. The van der Waals surface area contributed by atoms with Crippen LogP contribution in [-0.2, 0) is 32.3 Å². The van der Waals surface area contributed by atoms with E-state index in [2.05, 4.69) is 34.6 Å². The number of hydrogen-bond acceptors (Lipinski definition) is 7. The Morgan fingerprint density at radius 2 is 1.70 bits per heavy atom. The second-order valence-electron chi connectivity index (χ2n) is 13.9. The molecule has 6 rings (SSSR count). The van der Waals surface area contributed by atoms with E-state index >= 15 is 0 Å². The zero-order valence-electron chi connectivity index (χ0n) is 27.4. The SMILES string of the molecule is CNC(=O)[C@@H](NC(=O)C1CN(C(=O)c2cnn(Cc3ccccn3)c2)CC12CN(C(=O)C1CC1(C)C)C2)[C@@H](C)OCc1ccccc1. The summed E-state index contributed by atoms with van der Waals surface area (Å²) in [6.45, 7) is 7.87. The Morgan fingerprint density at radius 3 is 2.36 bits per heavy atom. The maximum absolute atomic E-state index is 14.1. The molecule has 248 valence electrons. The van der Waals surface area contributed by atoms with E-state index in [-0.39, 0.29) is 48.1 Å². The van der Waals surface area contributed by atoms with E-state index in [1.165, 1.54) is 13.2 Å². The van der Waals surface area contributed by atoms with Gasteiger partial charge in [-0.2, -0.15) is 5.10 Å². The molecule has 3 aliphatic rings. The molecule has 3 fully saturated rings. The molecule has 2 N–H and O–H groups in total. The number of nitrogens with one attached hydrogen (secondary N) is 2. The maximum Gasteiger partial charge on any atom is 0.257 e. The van der Waals surface area contributed by atoms with Crippen molar-refractivity contribution in [1.29, 1.82) is 0 Å². The van der Waals surface area contributed by atoms with E-state index in [0.29, 0.717) is 31.7 Å². The Balaban J connectivity index is 1.18. The van der Waals surface area contributed by atoms with Gasteiger partial charge < -0.3 is 25.2 Å². The lowest BCUT2D eigenvalue weighted by atomic mass is 9.70. The van der Waals surface area contributed by atoms with Crippen molar-refractivity contribution >= 4 is 23.6 Å². The van der Waals surface area contributed by atoms with Crippen molar-refractivity contribution in [2.24, 2.45) is 22.7 Å². The molecule has 2 unspecified atom stereocenters. The molecule has 2 aliphatic heterocycles. The number of aromatic nitrogens is 3. The summed E-state index contributed by atoms with van der Waals surface area (Å²) in [5.74, 6) is -1.49. The average molecular weight is 642 g/mol. The molecule has 1 saturated carbocycles. The Morgan fingerprint density at radius 1 is 1.00 bits per heavy atom. The summed E-state index contributed by atoms with van der Waals surface area (Å²) in [7, 11) is 1.52. The maximum atomic E-state index is 14.1. The summed E-state index contributed by atoms with van der Waals surface area (Å²) in [5.41, 5.74) is 1.54. The standard InChI is InChI=1S/C35H43N7O5/c1-23(47-19-24-10-6-5-7-11-24)29(31(44)36-4)39-30(43)28-18-40(20-35(28)21-41(22-35)33(46)27-14-34(27,2)3)32(45)25-15-38-42(16-25)17-26-12-8-9-13-37-26/h5-13,15-16,23,27-29H,14,17-22H2,1-4H3,(H,36,44)(H,39,43)/t23-,27?,28?,29+/m1/s1. The second-order valence-corrected chi connectivity index (χ2v) is 13.9. The van der Waals surface area contributed by atoms with Gasteiger partial charge >= 0.3 is 0 Å². The van der Waals surface area contributed by atoms with E-state index in [0.717, 1.165) is 17.7 Å². The van der Waals surface area contributed by atoms with E-state index in [9.17, 15) is 19.2 Å². The second kappa shape index (κ2) is 12.9. The van der Waals surface area contributed by atoms with Gasteiger partial charge in [-0.25, -0.2) is 0 Å². The third kappa shape index (κ3) is 6.78. The molecule has 0 radical (unpaired) electrons. The monoisotopic (exact) mass is 641 g/mol. The van der Waals surface area contributed by atoms with Crippen molar-refractivity contribution < 1.29 is 23.9 Å². The lowest BCUT2D eigenvalue weighted by Gasteiger charge is -2.50. The number of rotatable bonds is 11. The van der Waals surface area contributed by atoms with Gasteiger partial charge in [-0.05, 0) is 36.5 Å². The molecule has 4 amide bonds. The highest BCUT2D eigenvalue weighted by molar-refractivity contribution is 5.95. The number of carbonyl (C=O) groups excluding carboxylic acids is 4. The number of benzene rings is 1. The van der Waals surface area contributed by atoms with Gasteiger partial charge in [0.05, 0.1) is 42.6 Å². The summed E-state index contributed by atoms with van der Waals surface area (Å²) in [5, 5.41) is 9.96. The van der Waals surface area contributed by atoms with Crippen molar-refractivity contribution in [3.05, 3.63) is 83.9 Å². The van der Waals surface area contributed by atoms with Crippen LogP contribution in [0.25, 0.3) is 0 Å². The average Bonchev–Trinajstić information content (AvgIpc) is 3.37. The number of amides is 4. The van der Waals surface area contributed by atoms with Crippen molar-refractivity contribution in [2.45, 2.75) is 52.5 Å². The summed E-state index contributed by atoms with van der Waals surface area (Å²) >= 11 is 0. The highest BCUT2D eigenvalue weighted by Crippen LogP contribution is 2.54. The summed E-state index contributed by atoms with van der Waals surface area (Å²) in [6, 6.07) is 14.3. The third-order valence-corrected chi connectivity index (χ3v) is 9.97. The number of ether oxygens (including phenoxy) is 1. The molecule has 12 nitrogen and oxygen atoms in total. The van der Waals surface area contributed by atoms with Crippen molar-refractivity contribution in [3.8, 4) is 0 Å². The summed E-state index contributed by atoms with van der Waals surface area (Å²) in [4.78, 5) is 62.0. The van der Waals surface area contributed by atoms with Crippen molar-refractivity contribution in [3.63, 3.8) is 0 Å². The minimum Gasteiger partial charge on any atom is -0.371 e. The molecule has 0 bridgehead atoms. The number of nitrogens with zero attached hydrogens (tertiary/aromatic N) is 5. The number of carbonyl (C=O) groups is 4. The first-order valence-electron chi connectivity index (χ1n) is 16.2. The van der Waals surface area contributed by atoms with Crippen LogP contribution in [0.2, 0.25) is 0 Å². The van der Waals surface area contributed by atoms with Gasteiger partial charge in [-0.3, -0.25) is 28.8 Å². The Bertz CT molecular complexity index is 1620. The van der Waals surface area contributed by atoms with Gasteiger partial charge in [0.2, 0.25) is 17.7 Å². The molecule has 1 aliphatic carbocycles. The van der Waals surface area contributed by atoms with E-state index in [1.807, 2.05) is 53.4 Å². The highest BCUT2D eigenvalue weighted by atomic mass is 16.5. The third-order valence-electron chi connectivity index (χ3n) is 9.97. The lowest BCUT2D eigenvalue weighted by Crippen LogP contribution is -2.65. The fourth-order valence-corrected chi connectivity index (χ4v) is 6.89. The van der Waals surface area contributed by atoms with Crippen LogP contribution in [0.3, 0.4) is 0 Å². The molecule has 1 aromatic carbocycles. The molecular formula is C35H43N7O5. The van der Waals surface area contributed by atoms with Crippen LogP contribution in [0.4, 0.5) is 0 Å². The first kappa shape index (κ1) is 32.4. The van der Waals surface area contributed by atoms with Crippen LogP contribution < -0.4 is 10.6 Å². The van der Waals surface area contributed by atoms with Crippen LogP contribution in [0.1, 0.15) is 48.8 Å². The van der Waals surface area contributed by atoms with Gasteiger partial charge in [0, 0.05) is 57.0 Å². The highest BCUT2D eigenvalue weighted by Gasteiger charge is 2.62. The first-order valence-corrected chi connectivity index (χ1v) is 16.2. The molecule has 3 aromatic rings. The zero-order valence-corrected chi connectivity index (χ0v) is 27.4. The van der Waals surface area contributed by atoms with Crippen LogP contribution >= 0.6 is 0 Å². The van der Waals surface area contributed by atoms with Gasteiger partial charge in [-0.1, -0.05) is 50.2 Å². The fraction of sp³-hybridized carbons (Fsp3) is 0.486. The molecule has 4 atom stereocenters. The zero-order chi connectivity index (χ0) is 33.3. The lowest BCUT2D eigenvalue weighted by molar-refractivity contribution is -0.152. The van der Waals surface area contributed by atoms with Crippen molar-refractivity contribution in [1.82, 2.24) is 35.2 Å². The summed E-state index contributed by atoms with van der Waals surface area (Å²) < 4.78 is 7.69. The molecule has 12 heteroatoms. The Hall–Kier alpha value is -4.58.